The van der Waals surface area contributed by atoms with Gasteiger partial charge in [-0.25, -0.2) is 4.79 Å². The van der Waals surface area contributed by atoms with E-state index in [1.807, 2.05) is 27.7 Å². The zero-order valence-electron chi connectivity index (χ0n) is 21.7. The highest BCUT2D eigenvalue weighted by Crippen LogP contribution is 2.26. The van der Waals surface area contributed by atoms with Crippen molar-refractivity contribution in [1.29, 1.82) is 0 Å². The zero-order valence-corrected chi connectivity index (χ0v) is 21.7. The number of carboxylic acids is 1. The minimum Gasteiger partial charge on any atom is -0.481 e. The summed E-state index contributed by atoms with van der Waals surface area (Å²) >= 11 is 0. The second-order valence-electron chi connectivity index (χ2n) is 10.9. The van der Waals surface area contributed by atoms with Gasteiger partial charge in [0.05, 0.1) is 5.92 Å². The molecule has 0 radical (unpaired) electrons. The highest BCUT2D eigenvalue weighted by atomic mass is 16.6. The van der Waals surface area contributed by atoms with Gasteiger partial charge in [0.25, 0.3) is 0 Å². The standard InChI is InChI=1S/C27H48O4/c1-11-18(2)12-19(3)13-20(4)14-21(5)15-22(6)16-24(17-23(7)25(28)29)26(30)31-27(8,9)10/h15-16,18-21,23H,11-14,17H2,1-10H3,(H,28,29). The highest BCUT2D eigenvalue weighted by Gasteiger charge is 2.23. The third kappa shape index (κ3) is 14.2. The van der Waals surface area contributed by atoms with Crippen LogP contribution in [0.5, 0.6) is 0 Å². The van der Waals surface area contributed by atoms with Crippen molar-refractivity contribution in [3.05, 3.63) is 23.3 Å². The average Bonchev–Trinajstić information content (AvgIpc) is 2.58. The summed E-state index contributed by atoms with van der Waals surface area (Å²) in [5.41, 5.74) is 0.779. The summed E-state index contributed by atoms with van der Waals surface area (Å²) < 4.78 is 5.51. The Morgan fingerprint density at radius 3 is 1.94 bits per heavy atom. The summed E-state index contributed by atoms with van der Waals surface area (Å²) in [6.45, 7) is 20.5. The largest absolute Gasteiger partial charge is 0.481 e. The normalized spacial score (nSPS) is 18.1. The fraction of sp³-hybridized carbons (Fsp3) is 0.778. The molecule has 0 aromatic heterocycles. The van der Waals surface area contributed by atoms with Crippen LogP contribution in [0.25, 0.3) is 0 Å². The van der Waals surface area contributed by atoms with Gasteiger partial charge in [-0.3, -0.25) is 4.79 Å². The van der Waals surface area contributed by atoms with Gasteiger partial charge in [0.15, 0.2) is 0 Å². The Morgan fingerprint density at radius 2 is 1.45 bits per heavy atom. The van der Waals surface area contributed by atoms with Crippen molar-refractivity contribution in [2.45, 2.75) is 107 Å². The number of hydrogen-bond donors (Lipinski definition) is 1. The van der Waals surface area contributed by atoms with Crippen molar-refractivity contribution < 1.29 is 19.4 Å². The summed E-state index contributed by atoms with van der Waals surface area (Å²) in [6, 6.07) is 0. The number of hydrogen-bond acceptors (Lipinski definition) is 3. The number of aliphatic carboxylic acids is 1. The van der Waals surface area contributed by atoms with Crippen LogP contribution in [0, 0.1) is 29.6 Å². The molecule has 0 bridgehead atoms. The van der Waals surface area contributed by atoms with E-state index in [1.165, 1.54) is 19.3 Å². The van der Waals surface area contributed by atoms with E-state index in [2.05, 4.69) is 40.7 Å². The molecule has 0 aliphatic heterocycles. The van der Waals surface area contributed by atoms with Crippen molar-refractivity contribution in [3.63, 3.8) is 0 Å². The Bertz CT molecular complexity index is 624. The average molecular weight is 437 g/mol. The molecule has 0 heterocycles. The highest BCUT2D eigenvalue weighted by molar-refractivity contribution is 5.90. The molecular formula is C27H48O4. The molecule has 0 saturated carbocycles. The Hall–Kier alpha value is -1.58. The third-order valence-electron chi connectivity index (χ3n) is 5.64. The van der Waals surface area contributed by atoms with Crippen molar-refractivity contribution in [2.75, 3.05) is 0 Å². The quantitative estimate of drug-likeness (QED) is 0.185. The van der Waals surface area contributed by atoms with Gasteiger partial charge in [0, 0.05) is 5.57 Å². The maximum absolute atomic E-state index is 12.6. The van der Waals surface area contributed by atoms with E-state index >= 15 is 0 Å². The SMILES string of the molecule is CCC(C)CC(C)CC(C)CC(C)C=C(C)C=C(CC(C)C(=O)O)C(=O)OC(C)(C)C. The molecule has 0 fully saturated rings. The van der Waals surface area contributed by atoms with Crippen LogP contribution in [0.1, 0.15) is 101 Å². The number of carbonyl (C=O) groups excluding carboxylic acids is 1. The topological polar surface area (TPSA) is 63.6 Å². The second-order valence-corrected chi connectivity index (χ2v) is 10.9. The van der Waals surface area contributed by atoms with E-state index in [-0.39, 0.29) is 6.42 Å². The molecule has 0 spiro atoms. The minimum atomic E-state index is -0.912. The van der Waals surface area contributed by atoms with Gasteiger partial charge >= 0.3 is 11.9 Å². The molecule has 0 aliphatic carbocycles. The first kappa shape index (κ1) is 29.4. The molecule has 0 aromatic rings. The molecule has 0 rings (SSSR count). The first-order valence-electron chi connectivity index (χ1n) is 12.0. The number of carbonyl (C=O) groups is 2. The molecule has 4 heteroatoms. The molecule has 0 saturated heterocycles. The Morgan fingerprint density at radius 1 is 0.935 bits per heavy atom. The van der Waals surface area contributed by atoms with Gasteiger partial charge in [0.2, 0.25) is 0 Å². The lowest BCUT2D eigenvalue weighted by Gasteiger charge is -2.22. The predicted molar refractivity (Wildman–Crippen MR) is 130 cm³/mol. The molecule has 5 atom stereocenters. The molecule has 4 nitrogen and oxygen atoms in total. The molecular weight excluding hydrogens is 388 g/mol. The first-order valence-corrected chi connectivity index (χ1v) is 12.0. The molecule has 31 heavy (non-hydrogen) atoms. The van der Waals surface area contributed by atoms with Gasteiger partial charge in [-0.1, -0.05) is 59.6 Å². The molecule has 0 aliphatic rings. The Labute approximate surface area is 191 Å². The van der Waals surface area contributed by atoms with Crippen LogP contribution < -0.4 is 0 Å². The van der Waals surface area contributed by atoms with Crippen molar-refractivity contribution in [3.8, 4) is 0 Å². The first-order chi connectivity index (χ1) is 14.1. The molecule has 180 valence electrons. The maximum atomic E-state index is 12.6. The van der Waals surface area contributed by atoms with Crippen molar-refractivity contribution in [1.82, 2.24) is 0 Å². The lowest BCUT2D eigenvalue weighted by atomic mass is 9.84. The third-order valence-corrected chi connectivity index (χ3v) is 5.64. The lowest BCUT2D eigenvalue weighted by molar-refractivity contribution is -0.150. The Balaban J connectivity index is 5.21. The van der Waals surface area contributed by atoms with Crippen LogP contribution in [0.3, 0.4) is 0 Å². The van der Waals surface area contributed by atoms with Gasteiger partial charge < -0.3 is 9.84 Å². The van der Waals surface area contributed by atoms with Crippen LogP contribution >= 0.6 is 0 Å². The second kappa shape index (κ2) is 13.8. The lowest BCUT2D eigenvalue weighted by Crippen LogP contribution is -2.26. The van der Waals surface area contributed by atoms with Gasteiger partial charge in [-0.2, -0.15) is 0 Å². The monoisotopic (exact) mass is 436 g/mol. The van der Waals surface area contributed by atoms with E-state index < -0.39 is 23.5 Å². The van der Waals surface area contributed by atoms with E-state index in [9.17, 15) is 14.7 Å². The number of esters is 1. The molecule has 0 amide bonds. The molecule has 5 unspecified atom stereocenters. The fourth-order valence-corrected chi connectivity index (χ4v) is 4.17. The number of allylic oxidation sites excluding steroid dienone is 3. The van der Waals surface area contributed by atoms with Crippen molar-refractivity contribution >= 4 is 11.9 Å². The van der Waals surface area contributed by atoms with Crippen LogP contribution in [-0.2, 0) is 14.3 Å². The summed E-state index contributed by atoms with van der Waals surface area (Å²) in [5, 5.41) is 9.27. The van der Waals surface area contributed by atoms with Crippen LogP contribution in [0.2, 0.25) is 0 Å². The van der Waals surface area contributed by atoms with Crippen LogP contribution in [0.4, 0.5) is 0 Å². The maximum Gasteiger partial charge on any atom is 0.334 e. The van der Waals surface area contributed by atoms with Crippen molar-refractivity contribution in [2.24, 2.45) is 29.6 Å². The number of rotatable bonds is 13. The van der Waals surface area contributed by atoms with Gasteiger partial charge in [0.1, 0.15) is 5.60 Å². The molecule has 1 N–H and O–H groups in total. The number of ether oxygens (including phenoxy) is 1. The van der Waals surface area contributed by atoms with Crippen LogP contribution in [0.15, 0.2) is 23.3 Å². The summed E-state index contributed by atoms with van der Waals surface area (Å²) in [5.74, 6) is 0.553. The summed E-state index contributed by atoms with van der Waals surface area (Å²) in [4.78, 5) is 23.9. The van der Waals surface area contributed by atoms with Gasteiger partial charge in [-0.15, -0.1) is 0 Å². The fourth-order valence-electron chi connectivity index (χ4n) is 4.17. The van der Waals surface area contributed by atoms with E-state index in [0.717, 1.165) is 23.8 Å². The van der Waals surface area contributed by atoms with Crippen LogP contribution in [-0.4, -0.2) is 22.6 Å². The smallest absolute Gasteiger partial charge is 0.334 e. The number of carboxylic acid groups (broad SMARTS) is 1. The predicted octanol–water partition coefficient (Wildman–Crippen LogP) is 7.44. The van der Waals surface area contributed by atoms with E-state index in [4.69, 9.17) is 4.74 Å². The van der Waals surface area contributed by atoms with E-state index in [1.54, 1.807) is 13.0 Å². The van der Waals surface area contributed by atoms with Gasteiger partial charge in [-0.05, 0) is 83.1 Å². The summed E-state index contributed by atoms with van der Waals surface area (Å²) in [6.07, 6.45) is 9.01. The Kier molecular flexibility index (Phi) is 13.0. The molecule has 0 aromatic carbocycles. The zero-order chi connectivity index (χ0) is 24.4. The minimum absolute atomic E-state index is 0.160. The van der Waals surface area contributed by atoms with E-state index in [0.29, 0.717) is 17.4 Å². The summed E-state index contributed by atoms with van der Waals surface area (Å²) in [7, 11) is 0.